The van der Waals surface area contributed by atoms with Crippen LogP contribution < -0.4 is 10.2 Å². The molecule has 0 saturated carbocycles. The van der Waals surface area contributed by atoms with E-state index in [4.69, 9.17) is 11.6 Å². The van der Waals surface area contributed by atoms with Gasteiger partial charge in [-0.3, -0.25) is 14.9 Å². The zero-order valence-electron chi connectivity index (χ0n) is 17.6. The van der Waals surface area contributed by atoms with Crippen LogP contribution >= 0.6 is 11.6 Å². The first kappa shape index (κ1) is 21.8. The number of nitrogens with one attached hydrogen (secondary N) is 1. The number of piperazine rings is 1. The number of fused-ring (bicyclic) bond motifs is 1. The second kappa shape index (κ2) is 9.35. The summed E-state index contributed by atoms with van der Waals surface area (Å²) in [6.45, 7) is 4.27. The molecule has 1 amide bonds. The van der Waals surface area contributed by atoms with Crippen LogP contribution in [0.4, 0.5) is 17.2 Å². The summed E-state index contributed by atoms with van der Waals surface area (Å²) < 4.78 is 0. The molecule has 1 N–H and O–H groups in total. The summed E-state index contributed by atoms with van der Waals surface area (Å²) >= 11 is 5.93. The van der Waals surface area contributed by atoms with Crippen LogP contribution in [0.25, 0.3) is 10.9 Å². The first-order chi connectivity index (χ1) is 15.4. The average molecular weight is 455 g/mol. The van der Waals surface area contributed by atoms with E-state index in [-0.39, 0.29) is 16.5 Å². The van der Waals surface area contributed by atoms with Crippen molar-refractivity contribution in [3.8, 4) is 0 Å². The van der Waals surface area contributed by atoms with Gasteiger partial charge >= 0.3 is 0 Å². The van der Waals surface area contributed by atoms with Crippen LogP contribution in [0.2, 0.25) is 5.02 Å². The molecule has 0 unspecified atom stereocenters. The Labute approximate surface area is 190 Å². The van der Waals surface area contributed by atoms with Crippen molar-refractivity contribution >= 4 is 45.6 Å². The summed E-state index contributed by atoms with van der Waals surface area (Å²) in [6.07, 6.45) is 2.21. The predicted molar refractivity (Wildman–Crippen MR) is 124 cm³/mol. The van der Waals surface area contributed by atoms with Crippen LogP contribution in [0.15, 0.2) is 42.7 Å². The maximum absolute atomic E-state index is 11.9. The third kappa shape index (κ3) is 4.72. The maximum Gasteiger partial charge on any atom is 0.293 e. The van der Waals surface area contributed by atoms with Crippen molar-refractivity contribution < 1.29 is 9.72 Å². The van der Waals surface area contributed by atoms with E-state index in [1.165, 1.54) is 19.3 Å². The van der Waals surface area contributed by atoms with Crippen molar-refractivity contribution in [1.29, 1.82) is 0 Å². The van der Waals surface area contributed by atoms with Crippen LogP contribution in [-0.2, 0) is 11.2 Å². The van der Waals surface area contributed by atoms with E-state index in [9.17, 15) is 14.9 Å². The molecule has 9 nitrogen and oxygen atoms in total. The Morgan fingerprint density at radius 3 is 2.53 bits per heavy atom. The fraction of sp³-hybridized carbons (Fsp3) is 0.318. The molecule has 166 valence electrons. The van der Waals surface area contributed by atoms with Gasteiger partial charge in [0.2, 0.25) is 5.91 Å². The van der Waals surface area contributed by atoms with E-state index < -0.39 is 0 Å². The van der Waals surface area contributed by atoms with Crippen molar-refractivity contribution in [1.82, 2.24) is 14.9 Å². The SMILES string of the molecule is CC(=O)N1CCN(c2cc3ncnc(NCCc4ccc(Cl)cc4)c3cc2[N+](=O)[O-])CC1. The lowest BCUT2D eigenvalue weighted by Crippen LogP contribution is -2.48. The van der Waals surface area contributed by atoms with Crippen molar-refractivity contribution in [2.75, 3.05) is 42.9 Å². The highest BCUT2D eigenvalue weighted by atomic mass is 35.5. The van der Waals surface area contributed by atoms with E-state index in [1.807, 2.05) is 29.2 Å². The highest BCUT2D eigenvalue weighted by Gasteiger charge is 2.26. The molecule has 1 aromatic heterocycles. The molecule has 2 heterocycles. The van der Waals surface area contributed by atoms with Gasteiger partial charge in [0.15, 0.2) is 0 Å². The largest absolute Gasteiger partial charge is 0.369 e. The average Bonchev–Trinajstić information content (AvgIpc) is 2.79. The number of benzene rings is 2. The molecule has 0 radical (unpaired) electrons. The van der Waals surface area contributed by atoms with E-state index in [2.05, 4.69) is 15.3 Å². The molecular weight excluding hydrogens is 432 g/mol. The number of nitro benzene ring substituents is 1. The minimum atomic E-state index is -0.378. The Morgan fingerprint density at radius 1 is 1.16 bits per heavy atom. The Kier molecular flexibility index (Phi) is 6.36. The Morgan fingerprint density at radius 2 is 1.88 bits per heavy atom. The molecule has 1 aliphatic heterocycles. The van der Waals surface area contributed by atoms with Gasteiger partial charge in [-0.1, -0.05) is 23.7 Å². The number of hydrogen-bond donors (Lipinski definition) is 1. The molecule has 0 atom stereocenters. The molecule has 0 spiro atoms. The number of carbonyl (C=O) groups excluding carboxylic acids is 1. The van der Waals surface area contributed by atoms with Gasteiger partial charge in [0.1, 0.15) is 17.8 Å². The third-order valence-electron chi connectivity index (χ3n) is 5.61. The summed E-state index contributed by atoms with van der Waals surface area (Å²) in [4.78, 5) is 35.4. The van der Waals surface area contributed by atoms with Gasteiger partial charge in [0.05, 0.1) is 10.4 Å². The maximum atomic E-state index is 11.9. The van der Waals surface area contributed by atoms with E-state index in [0.29, 0.717) is 60.2 Å². The van der Waals surface area contributed by atoms with Gasteiger partial charge in [-0.15, -0.1) is 0 Å². The topological polar surface area (TPSA) is 104 Å². The lowest BCUT2D eigenvalue weighted by molar-refractivity contribution is -0.384. The number of aromatic nitrogens is 2. The van der Waals surface area contributed by atoms with Gasteiger partial charge in [-0.05, 0) is 30.2 Å². The monoisotopic (exact) mass is 454 g/mol. The van der Waals surface area contributed by atoms with Gasteiger partial charge in [-0.2, -0.15) is 0 Å². The Hall–Kier alpha value is -3.46. The third-order valence-corrected chi connectivity index (χ3v) is 5.87. The fourth-order valence-electron chi connectivity index (χ4n) is 3.86. The van der Waals surface area contributed by atoms with Gasteiger partial charge in [0, 0.05) is 56.1 Å². The normalized spacial score (nSPS) is 13.9. The second-order valence-electron chi connectivity index (χ2n) is 7.63. The number of anilines is 2. The number of amides is 1. The molecule has 4 rings (SSSR count). The molecule has 1 saturated heterocycles. The van der Waals surface area contributed by atoms with Crippen molar-refractivity contribution in [3.05, 3.63) is 63.4 Å². The molecule has 1 fully saturated rings. The summed E-state index contributed by atoms with van der Waals surface area (Å²) in [5.41, 5.74) is 2.27. The highest BCUT2D eigenvalue weighted by Crippen LogP contribution is 2.35. The molecule has 0 bridgehead atoms. The Balaban J connectivity index is 1.57. The van der Waals surface area contributed by atoms with Gasteiger partial charge < -0.3 is 15.1 Å². The van der Waals surface area contributed by atoms with Crippen molar-refractivity contribution in [2.24, 2.45) is 0 Å². The van der Waals surface area contributed by atoms with Crippen LogP contribution in [0.3, 0.4) is 0 Å². The minimum absolute atomic E-state index is 0.00401. The minimum Gasteiger partial charge on any atom is -0.369 e. The molecule has 2 aromatic carbocycles. The lowest BCUT2D eigenvalue weighted by atomic mass is 10.1. The molecule has 3 aromatic rings. The molecule has 10 heteroatoms. The van der Waals surface area contributed by atoms with Crippen LogP contribution in [-0.4, -0.2) is 58.4 Å². The van der Waals surface area contributed by atoms with Crippen LogP contribution in [0.1, 0.15) is 12.5 Å². The number of hydrogen-bond acceptors (Lipinski definition) is 7. The summed E-state index contributed by atoms with van der Waals surface area (Å²) in [7, 11) is 0. The van der Waals surface area contributed by atoms with Crippen molar-refractivity contribution in [2.45, 2.75) is 13.3 Å². The van der Waals surface area contributed by atoms with E-state index in [1.54, 1.807) is 11.0 Å². The number of carbonyl (C=O) groups is 1. The lowest BCUT2D eigenvalue weighted by Gasteiger charge is -2.35. The summed E-state index contributed by atoms with van der Waals surface area (Å²) in [6, 6.07) is 10.9. The first-order valence-electron chi connectivity index (χ1n) is 10.3. The Bertz CT molecular complexity index is 1150. The number of rotatable bonds is 6. The molecule has 0 aliphatic carbocycles. The smallest absolute Gasteiger partial charge is 0.293 e. The highest BCUT2D eigenvalue weighted by molar-refractivity contribution is 6.30. The van der Waals surface area contributed by atoms with Crippen LogP contribution in [0, 0.1) is 10.1 Å². The van der Waals surface area contributed by atoms with Gasteiger partial charge in [-0.25, -0.2) is 9.97 Å². The van der Waals surface area contributed by atoms with Crippen molar-refractivity contribution in [3.63, 3.8) is 0 Å². The molecule has 1 aliphatic rings. The van der Waals surface area contributed by atoms with Crippen LogP contribution in [0.5, 0.6) is 0 Å². The van der Waals surface area contributed by atoms with Gasteiger partial charge in [0.25, 0.3) is 5.69 Å². The standard InChI is InChI=1S/C22H23ClN6O3/c1-15(30)27-8-10-28(11-9-27)20-13-19-18(12-21(20)29(31)32)22(26-14-25-19)24-7-6-16-2-4-17(23)5-3-16/h2-5,12-14H,6-11H2,1H3,(H,24,25,26). The van der Waals surface area contributed by atoms with E-state index in [0.717, 1.165) is 12.0 Å². The zero-order valence-corrected chi connectivity index (χ0v) is 18.4. The zero-order chi connectivity index (χ0) is 22.7. The number of nitro groups is 1. The fourth-order valence-corrected chi connectivity index (χ4v) is 3.99. The number of halogens is 1. The van der Waals surface area contributed by atoms with E-state index >= 15 is 0 Å². The molecular formula is C22H23ClN6O3. The predicted octanol–water partition coefficient (Wildman–Crippen LogP) is 3.51. The number of nitrogens with zero attached hydrogens (tertiary/aromatic N) is 5. The quantitative estimate of drug-likeness (QED) is 0.448. The second-order valence-corrected chi connectivity index (χ2v) is 8.07. The summed E-state index contributed by atoms with van der Waals surface area (Å²) in [5.74, 6) is 0.569. The summed E-state index contributed by atoms with van der Waals surface area (Å²) in [5, 5.41) is 16.4. The molecule has 32 heavy (non-hydrogen) atoms. The first-order valence-corrected chi connectivity index (χ1v) is 10.7.